The highest BCUT2D eigenvalue weighted by Crippen LogP contribution is 2.40. The third-order valence-electron chi connectivity index (χ3n) is 5.28. The largest absolute Gasteiger partial charge is 0.497 e. The van der Waals surface area contributed by atoms with Crippen molar-refractivity contribution in [2.24, 2.45) is 5.73 Å². The average Bonchev–Trinajstić information content (AvgIpc) is 3.26. The van der Waals surface area contributed by atoms with E-state index in [1.165, 1.54) is 0 Å². The fraction of sp³-hybridized carbons (Fsp3) is 0.500. The molecule has 2 N–H and O–H groups in total. The first-order valence-electron chi connectivity index (χ1n) is 8.69. The van der Waals surface area contributed by atoms with Crippen LogP contribution in [0.3, 0.4) is 0 Å². The molecule has 0 bridgehead atoms. The number of rotatable bonds is 5. The van der Waals surface area contributed by atoms with Gasteiger partial charge in [0.1, 0.15) is 11.5 Å². The minimum Gasteiger partial charge on any atom is -0.497 e. The molecule has 9 heteroatoms. The van der Waals surface area contributed by atoms with Crippen molar-refractivity contribution in [3.8, 4) is 11.5 Å². The Hall–Kier alpha value is -2.32. The number of benzene rings is 1. The van der Waals surface area contributed by atoms with Crippen LogP contribution in [0, 0.1) is 0 Å². The molecule has 1 amide bonds. The number of methoxy groups -OCH3 is 2. The van der Waals surface area contributed by atoms with E-state index < -0.39 is 5.54 Å². The summed E-state index contributed by atoms with van der Waals surface area (Å²) in [5.74, 6) is 2.11. The molecule has 0 radical (unpaired) electrons. The minimum atomic E-state index is -0.469. The summed E-state index contributed by atoms with van der Waals surface area (Å²) in [4.78, 5) is 18.8. The number of nitrogens with zero attached hydrogens (tertiary/aromatic N) is 3. The summed E-state index contributed by atoms with van der Waals surface area (Å²) in [6, 6.07) is 5.38. The number of hydrogen-bond acceptors (Lipinski definition) is 7. The molecule has 2 heterocycles. The van der Waals surface area contributed by atoms with E-state index in [9.17, 15) is 4.79 Å². The molecule has 1 aromatic carbocycles. The molecule has 2 aromatic rings. The summed E-state index contributed by atoms with van der Waals surface area (Å²) in [6.45, 7) is 0.459. The third kappa shape index (κ3) is 3.35. The van der Waals surface area contributed by atoms with Crippen LogP contribution in [0.4, 0.5) is 5.69 Å². The third-order valence-corrected chi connectivity index (χ3v) is 5.28. The predicted octanol–water partition coefficient (Wildman–Crippen LogP) is 2.37. The molecule has 1 unspecified atom stereocenters. The molecule has 27 heavy (non-hydrogen) atoms. The van der Waals surface area contributed by atoms with Crippen molar-refractivity contribution in [3.05, 3.63) is 29.9 Å². The van der Waals surface area contributed by atoms with Crippen molar-refractivity contribution in [2.75, 3.05) is 25.7 Å². The molecule has 1 aliphatic carbocycles. The SMILES string of the molecule is COc1ccc(N2CC(c3nc(C4(N)CCC4)no3)CC2=O)c(OC)c1.Cl. The Bertz CT molecular complexity index is 837. The maximum absolute atomic E-state index is 12.6. The summed E-state index contributed by atoms with van der Waals surface area (Å²) in [7, 11) is 3.16. The van der Waals surface area contributed by atoms with Crippen molar-refractivity contribution in [1.82, 2.24) is 10.1 Å². The summed E-state index contributed by atoms with van der Waals surface area (Å²) in [5, 5.41) is 4.05. The second-order valence-corrected chi connectivity index (χ2v) is 6.91. The molecule has 1 atom stereocenters. The molecule has 1 saturated carbocycles. The van der Waals surface area contributed by atoms with E-state index in [0.29, 0.717) is 41.9 Å². The van der Waals surface area contributed by atoms with E-state index in [-0.39, 0.29) is 24.2 Å². The first-order chi connectivity index (χ1) is 12.5. The van der Waals surface area contributed by atoms with Crippen LogP contribution in [0.5, 0.6) is 11.5 Å². The van der Waals surface area contributed by atoms with Crippen LogP contribution >= 0.6 is 12.4 Å². The lowest BCUT2D eigenvalue weighted by atomic mass is 9.77. The van der Waals surface area contributed by atoms with E-state index in [0.717, 1.165) is 19.3 Å². The van der Waals surface area contributed by atoms with E-state index in [2.05, 4.69) is 10.1 Å². The number of nitrogens with two attached hydrogens (primary N) is 1. The van der Waals surface area contributed by atoms with E-state index in [1.807, 2.05) is 6.07 Å². The molecule has 1 saturated heterocycles. The van der Waals surface area contributed by atoms with Gasteiger partial charge in [0.25, 0.3) is 0 Å². The molecule has 2 fully saturated rings. The minimum absolute atomic E-state index is 0. The molecule has 4 rings (SSSR count). The van der Waals surface area contributed by atoms with Gasteiger partial charge in [-0.25, -0.2) is 0 Å². The van der Waals surface area contributed by atoms with Crippen molar-refractivity contribution < 1.29 is 18.8 Å². The maximum Gasteiger partial charge on any atom is 0.232 e. The van der Waals surface area contributed by atoms with Gasteiger partial charge in [0, 0.05) is 19.0 Å². The van der Waals surface area contributed by atoms with Gasteiger partial charge in [0.05, 0.1) is 31.4 Å². The second-order valence-electron chi connectivity index (χ2n) is 6.91. The smallest absolute Gasteiger partial charge is 0.232 e. The number of ether oxygens (including phenoxy) is 2. The lowest BCUT2D eigenvalue weighted by Gasteiger charge is -2.34. The standard InChI is InChI=1S/C18H22N4O4.ClH/c1-24-12-4-5-13(14(9-12)25-2)22-10-11(8-15(22)23)16-20-17(21-26-16)18(19)6-3-7-18;/h4-5,9,11H,3,6-8,10,19H2,1-2H3;1H. The van der Waals surface area contributed by atoms with Crippen LogP contribution in [0.1, 0.15) is 43.3 Å². The Morgan fingerprint density at radius 3 is 2.70 bits per heavy atom. The Morgan fingerprint density at radius 1 is 1.30 bits per heavy atom. The van der Waals surface area contributed by atoms with E-state index in [4.69, 9.17) is 19.7 Å². The predicted molar refractivity (Wildman–Crippen MR) is 101 cm³/mol. The number of hydrogen-bond donors (Lipinski definition) is 1. The van der Waals surface area contributed by atoms with Crippen molar-refractivity contribution in [2.45, 2.75) is 37.1 Å². The summed E-state index contributed by atoms with van der Waals surface area (Å²) < 4.78 is 16.1. The summed E-state index contributed by atoms with van der Waals surface area (Å²) >= 11 is 0. The van der Waals surface area contributed by atoms with Crippen LogP contribution in [-0.4, -0.2) is 36.8 Å². The van der Waals surface area contributed by atoms with Gasteiger partial charge in [-0.3, -0.25) is 4.79 Å². The lowest BCUT2D eigenvalue weighted by Crippen LogP contribution is -2.44. The fourth-order valence-electron chi connectivity index (χ4n) is 3.50. The zero-order valence-corrected chi connectivity index (χ0v) is 16.1. The highest BCUT2D eigenvalue weighted by Gasteiger charge is 2.41. The number of anilines is 1. The van der Waals surface area contributed by atoms with Crippen LogP contribution < -0.4 is 20.1 Å². The Kier molecular flexibility index (Phi) is 5.30. The number of carbonyl (C=O) groups is 1. The quantitative estimate of drug-likeness (QED) is 0.830. The normalized spacial score (nSPS) is 20.8. The van der Waals surface area contributed by atoms with Crippen molar-refractivity contribution >= 4 is 24.0 Å². The summed E-state index contributed by atoms with van der Waals surface area (Å²) in [6.07, 6.45) is 3.12. The molecule has 146 valence electrons. The van der Waals surface area contributed by atoms with Gasteiger partial charge in [-0.15, -0.1) is 12.4 Å². The average molecular weight is 395 g/mol. The molecule has 1 aromatic heterocycles. The zero-order valence-electron chi connectivity index (χ0n) is 15.3. The second kappa shape index (κ2) is 7.36. The van der Waals surface area contributed by atoms with Crippen LogP contribution in [-0.2, 0) is 10.3 Å². The highest BCUT2D eigenvalue weighted by atomic mass is 35.5. The van der Waals surface area contributed by atoms with Gasteiger partial charge in [0.15, 0.2) is 5.82 Å². The van der Waals surface area contributed by atoms with Gasteiger partial charge in [-0.1, -0.05) is 5.16 Å². The number of carbonyl (C=O) groups excluding carboxylic acids is 1. The first kappa shape index (κ1) is 19.4. The zero-order chi connectivity index (χ0) is 18.3. The van der Waals surface area contributed by atoms with Gasteiger partial charge < -0.3 is 24.6 Å². The number of halogens is 1. The highest BCUT2D eigenvalue weighted by molar-refractivity contribution is 5.97. The molecule has 8 nitrogen and oxygen atoms in total. The first-order valence-corrected chi connectivity index (χ1v) is 8.69. The van der Waals surface area contributed by atoms with Crippen molar-refractivity contribution in [1.29, 1.82) is 0 Å². The van der Waals surface area contributed by atoms with E-state index >= 15 is 0 Å². The number of aromatic nitrogens is 2. The van der Waals surface area contributed by atoms with Crippen LogP contribution in [0.15, 0.2) is 22.7 Å². The molecule has 1 aliphatic heterocycles. The molecule has 0 spiro atoms. The fourth-order valence-corrected chi connectivity index (χ4v) is 3.50. The van der Waals surface area contributed by atoms with Gasteiger partial charge in [-0.2, -0.15) is 4.98 Å². The maximum atomic E-state index is 12.6. The number of amides is 1. The van der Waals surface area contributed by atoms with Crippen LogP contribution in [0.25, 0.3) is 0 Å². The molecular formula is C18H23ClN4O4. The monoisotopic (exact) mass is 394 g/mol. The van der Waals surface area contributed by atoms with Crippen LogP contribution in [0.2, 0.25) is 0 Å². The Morgan fingerprint density at radius 2 is 2.07 bits per heavy atom. The van der Waals surface area contributed by atoms with Gasteiger partial charge >= 0.3 is 0 Å². The van der Waals surface area contributed by atoms with Gasteiger partial charge in [0.2, 0.25) is 11.8 Å². The molecule has 2 aliphatic rings. The van der Waals surface area contributed by atoms with Crippen molar-refractivity contribution in [3.63, 3.8) is 0 Å². The molecular weight excluding hydrogens is 372 g/mol. The lowest BCUT2D eigenvalue weighted by molar-refractivity contribution is -0.117. The van der Waals surface area contributed by atoms with E-state index in [1.54, 1.807) is 31.3 Å². The Balaban J connectivity index is 0.00000210. The summed E-state index contributed by atoms with van der Waals surface area (Å²) in [5.41, 5.74) is 6.49. The van der Waals surface area contributed by atoms with Gasteiger partial charge in [-0.05, 0) is 31.4 Å². The topological polar surface area (TPSA) is 104 Å². The Labute approximate surface area is 163 Å².